The minimum atomic E-state index is -0.0489. The van der Waals surface area contributed by atoms with Crippen molar-refractivity contribution in [3.8, 4) is 0 Å². The maximum Gasteiger partial charge on any atom is 0.238 e. The summed E-state index contributed by atoms with van der Waals surface area (Å²) >= 11 is 3.50. The van der Waals surface area contributed by atoms with Gasteiger partial charge in [0.05, 0.1) is 13.2 Å². The van der Waals surface area contributed by atoms with Crippen molar-refractivity contribution in [2.75, 3.05) is 32.1 Å². The maximum atomic E-state index is 11.7. The first-order valence-corrected chi connectivity index (χ1v) is 6.60. The zero-order valence-corrected chi connectivity index (χ0v) is 12.6. The van der Waals surface area contributed by atoms with Gasteiger partial charge < -0.3 is 15.4 Å². The lowest BCUT2D eigenvalue weighted by Crippen LogP contribution is -2.30. The highest BCUT2D eigenvalue weighted by atomic mass is 79.9. The van der Waals surface area contributed by atoms with Gasteiger partial charge in [0, 0.05) is 23.8 Å². The molecule has 4 nitrogen and oxygen atoms in total. The quantitative estimate of drug-likeness (QED) is 0.792. The molecule has 0 saturated carbocycles. The van der Waals surface area contributed by atoms with Crippen molar-refractivity contribution in [2.24, 2.45) is 0 Å². The van der Waals surface area contributed by atoms with Crippen LogP contribution in [0.4, 0.5) is 5.69 Å². The molecule has 0 unspecified atom stereocenters. The van der Waals surface area contributed by atoms with Crippen molar-refractivity contribution in [2.45, 2.75) is 13.8 Å². The molecule has 1 rings (SSSR count). The third-order valence-corrected chi connectivity index (χ3v) is 3.74. The molecule has 0 aliphatic rings. The van der Waals surface area contributed by atoms with E-state index in [2.05, 4.69) is 26.6 Å². The molecule has 1 aromatic carbocycles. The van der Waals surface area contributed by atoms with Gasteiger partial charge >= 0.3 is 0 Å². The molecule has 18 heavy (non-hydrogen) atoms. The number of benzene rings is 1. The number of rotatable bonds is 6. The highest BCUT2D eigenvalue weighted by Gasteiger charge is 2.05. The van der Waals surface area contributed by atoms with Crippen LogP contribution in [0.15, 0.2) is 16.6 Å². The average molecular weight is 315 g/mol. The Morgan fingerprint density at radius 2 is 1.94 bits per heavy atom. The first kappa shape index (κ1) is 15.1. The van der Waals surface area contributed by atoms with E-state index in [-0.39, 0.29) is 12.5 Å². The van der Waals surface area contributed by atoms with Gasteiger partial charge in [-0.05, 0) is 37.1 Å². The smallest absolute Gasteiger partial charge is 0.238 e. The zero-order valence-electron chi connectivity index (χ0n) is 11.0. The Hall–Kier alpha value is -0.910. The molecule has 0 radical (unpaired) electrons. The van der Waals surface area contributed by atoms with Crippen molar-refractivity contribution in [3.63, 3.8) is 0 Å². The van der Waals surface area contributed by atoms with E-state index in [9.17, 15) is 4.79 Å². The van der Waals surface area contributed by atoms with Crippen LogP contribution in [0.5, 0.6) is 0 Å². The fraction of sp³-hybridized carbons (Fsp3) is 0.462. The van der Waals surface area contributed by atoms with Gasteiger partial charge in [0.1, 0.15) is 0 Å². The Morgan fingerprint density at radius 3 is 2.50 bits per heavy atom. The summed E-state index contributed by atoms with van der Waals surface area (Å²) in [5.41, 5.74) is 3.04. The lowest BCUT2D eigenvalue weighted by molar-refractivity contribution is -0.115. The molecule has 0 bridgehead atoms. The summed E-state index contributed by atoms with van der Waals surface area (Å²) in [5.74, 6) is -0.0489. The molecule has 0 atom stereocenters. The van der Waals surface area contributed by atoms with E-state index in [4.69, 9.17) is 4.74 Å². The van der Waals surface area contributed by atoms with Crippen molar-refractivity contribution < 1.29 is 9.53 Å². The van der Waals surface area contributed by atoms with E-state index in [1.165, 1.54) is 0 Å². The minimum Gasteiger partial charge on any atom is -0.383 e. The van der Waals surface area contributed by atoms with Crippen LogP contribution < -0.4 is 10.6 Å². The van der Waals surface area contributed by atoms with E-state index in [1.807, 2.05) is 26.0 Å². The third-order valence-electron chi connectivity index (χ3n) is 2.49. The second-order valence-electron chi connectivity index (χ2n) is 4.14. The van der Waals surface area contributed by atoms with Crippen LogP contribution in [0, 0.1) is 13.8 Å². The summed E-state index contributed by atoms with van der Waals surface area (Å²) in [4.78, 5) is 11.7. The van der Waals surface area contributed by atoms with Crippen molar-refractivity contribution >= 4 is 27.5 Å². The van der Waals surface area contributed by atoms with Crippen LogP contribution >= 0.6 is 15.9 Å². The van der Waals surface area contributed by atoms with Gasteiger partial charge in [0.15, 0.2) is 0 Å². The fourth-order valence-electron chi connectivity index (χ4n) is 1.60. The van der Waals surface area contributed by atoms with Gasteiger partial charge in [-0.3, -0.25) is 4.79 Å². The number of carbonyl (C=O) groups excluding carboxylic acids is 1. The lowest BCUT2D eigenvalue weighted by atomic mass is 10.1. The van der Waals surface area contributed by atoms with Crippen LogP contribution in [0.1, 0.15) is 11.1 Å². The molecule has 0 heterocycles. The summed E-state index contributed by atoms with van der Waals surface area (Å²) in [7, 11) is 1.63. The zero-order chi connectivity index (χ0) is 13.5. The largest absolute Gasteiger partial charge is 0.383 e. The molecule has 1 aromatic rings. The van der Waals surface area contributed by atoms with E-state index >= 15 is 0 Å². The Bertz CT molecular complexity index is 398. The normalized spacial score (nSPS) is 10.4. The molecule has 1 amide bonds. The van der Waals surface area contributed by atoms with Gasteiger partial charge in [-0.25, -0.2) is 0 Å². The first-order valence-electron chi connectivity index (χ1n) is 5.81. The molecule has 0 aromatic heterocycles. The number of anilines is 1. The van der Waals surface area contributed by atoms with Crippen LogP contribution in [0.25, 0.3) is 0 Å². The van der Waals surface area contributed by atoms with E-state index in [0.717, 1.165) is 21.3 Å². The van der Waals surface area contributed by atoms with Crippen molar-refractivity contribution in [1.29, 1.82) is 0 Å². The monoisotopic (exact) mass is 314 g/mol. The summed E-state index contributed by atoms with van der Waals surface area (Å²) in [6.07, 6.45) is 0. The molecule has 2 N–H and O–H groups in total. The Morgan fingerprint density at radius 1 is 1.33 bits per heavy atom. The second kappa shape index (κ2) is 7.51. The number of hydrogen-bond acceptors (Lipinski definition) is 3. The second-order valence-corrected chi connectivity index (χ2v) is 4.93. The topological polar surface area (TPSA) is 50.4 Å². The van der Waals surface area contributed by atoms with Gasteiger partial charge in [0.2, 0.25) is 5.91 Å². The molecular weight excluding hydrogens is 296 g/mol. The number of carbonyl (C=O) groups is 1. The number of ether oxygens (including phenoxy) is 1. The fourth-order valence-corrected chi connectivity index (χ4v) is 1.83. The number of methoxy groups -OCH3 is 1. The van der Waals surface area contributed by atoms with Crippen molar-refractivity contribution in [3.05, 3.63) is 27.7 Å². The molecule has 0 aliphatic heterocycles. The van der Waals surface area contributed by atoms with Gasteiger partial charge in [-0.1, -0.05) is 15.9 Å². The average Bonchev–Trinajstić information content (AvgIpc) is 2.31. The maximum absolute atomic E-state index is 11.7. The summed E-state index contributed by atoms with van der Waals surface area (Å²) in [5, 5.41) is 5.87. The van der Waals surface area contributed by atoms with Crippen LogP contribution in [0.3, 0.4) is 0 Å². The molecule has 100 valence electrons. The summed E-state index contributed by atoms with van der Waals surface area (Å²) < 4.78 is 5.97. The Kier molecular flexibility index (Phi) is 6.32. The van der Waals surface area contributed by atoms with Crippen LogP contribution in [-0.4, -0.2) is 32.7 Å². The number of amides is 1. The Balaban J connectivity index is 2.49. The van der Waals surface area contributed by atoms with Gasteiger partial charge in [0.25, 0.3) is 0 Å². The first-order chi connectivity index (χ1) is 8.54. The predicted molar refractivity (Wildman–Crippen MR) is 77.0 cm³/mol. The SMILES string of the molecule is COCCNCC(=O)Nc1cc(C)c(Br)c(C)c1. The molecule has 0 saturated heterocycles. The molecular formula is C13H19BrN2O2. The molecule has 0 fully saturated rings. The number of aryl methyl sites for hydroxylation is 2. The predicted octanol–water partition coefficient (Wildman–Crippen LogP) is 2.24. The highest BCUT2D eigenvalue weighted by molar-refractivity contribution is 9.10. The van der Waals surface area contributed by atoms with Gasteiger partial charge in [-0.2, -0.15) is 0 Å². The van der Waals surface area contributed by atoms with Crippen LogP contribution in [-0.2, 0) is 9.53 Å². The molecule has 5 heteroatoms. The number of halogens is 1. The lowest BCUT2D eigenvalue weighted by Gasteiger charge is -2.10. The number of hydrogen-bond donors (Lipinski definition) is 2. The van der Waals surface area contributed by atoms with E-state index in [0.29, 0.717) is 13.2 Å². The Labute approximate surface area is 116 Å². The summed E-state index contributed by atoms with van der Waals surface area (Å²) in [6, 6.07) is 3.90. The van der Waals surface area contributed by atoms with E-state index < -0.39 is 0 Å². The minimum absolute atomic E-state index is 0.0489. The molecule has 0 spiro atoms. The standard InChI is InChI=1S/C13H19BrN2O2/c1-9-6-11(7-10(2)13(9)14)16-12(17)8-15-4-5-18-3/h6-7,15H,4-5,8H2,1-3H3,(H,16,17). The summed E-state index contributed by atoms with van der Waals surface area (Å²) in [6.45, 7) is 5.57. The van der Waals surface area contributed by atoms with Crippen molar-refractivity contribution in [1.82, 2.24) is 5.32 Å². The highest BCUT2D eigenvalue weighted by Crippen LogP contribution is 2.24. The van der Waals surface area contributed by atoms with Crippen LogP contribution in [0.2, 0.25) is 0 Å². The van der Waals surface area contributed by atoms with Gasteiger partial charge in [-0.15, -0.1) is 0 Å². The van der Waals surface area contributed by atoms with E-state index in [1.54, 1.807) is 7.11 Å². The third kappa shape index (κ3) is 4.76. The molecule has 0 aliphatic carbocycles. The number of nitrogens with one attached hydrogen (secondary N) is 2.